The lowest BCUT2D eigenvalue weighted by molar-refractivity contribution is 0.492. The van der Waals surface area contributed by atoms with Crippen molar-refractivity contribution in [2.45, 2.75) is 44.9 Å². The Labute approximate surface area is 97.5 Å². The van der Waals surface area contributed by atoms with Crippen LogP contribution in [-0.4, -0.2) is 9.97 Å². The quantitative estimate of drug-likeness (QED) is 0.731. The van der Waals surface area contributed by atoms with Crippen LogP contribution in [0.2, 0.25) is 0 Å². The van der Waals surface area contributed by atoms with Crippen LogP contribution in [0.1, 0.15) is 50.9 Å². The molecule has 0 N–H and O–H groups in total. The van der Waals surface area contributed by atoms with Crippen LogP contribution in [0.5, 0.6) is 0 Å². The molecule has 0 spiro atoms. The van der Waals surface area contributed by atoms with Crippen molar-refractivity contribution in [3.8, 4) is 0 Å². The lowest BCUT2D eigenvalue weighted by Gasteiger charge is -2.17. The molecule has 15 heavy (non-hydrogen) atoms. The fourth-order valence-electron chi connectivity index (χ4n) is 1.46. The van der Waals surface area contributed by atoms with Crippen LogP contribution in [0.25, 0.3) is 0 Å². The van der Waals surface area contributed by atoms with E-state index in [0.717, 1.165) is 12.8 Å². The van der Waals surface area contributed by atoms with Gasteiger partial charge in [0.2, 0.25) is 5.95 Å². The van der Waals surface area contributed by atoms with Crippen molar-refractivity contribution in [3.63, 3.8) is 0 Å². The Morgan fingerprint density at radius 3 is 2.27 bits per heavy atom. The SMILES string of the molecule is CC(C)(C)c1nc(F)c(C2CC2)c(Br)n1. The highest BCUT2D eigenvalue weighted by Crippen LogP contribution is 2.43. The number of hydrogen-bond acceptors (Lipinski definition) is 2. The van der Waals surface area contributed by atoms with Crippen LogP contribution in [0.15, 0.2) is 4.60 Å². The molecule has 1 aromatic rings. The lowest BCUT2D eigenvalue weighted by atomic mass is 9.95. The molecule has 4 heteroatoms. The predicted octanol–water partition coefficient (Wildman–Crippen LogP) is 3.55. The van der Waals surface area contributed by atoms with E-state index in [1.807, 2.05) is 20.8 Å². The van der Waals surface area contributed by atoms with E-state index in [9.17, 15) is 4.39 Å². The molecule has 0 unspecified atom stereocenters. The fourth-order valence-corrected chi connectivity index (χ4v) is 2.12. The molecule has 1 heterocycles. The third-order valence-electron chi connectivity index (χ3n) is 2.51. The molecular formula is C11H14BrFN2. The van der Waals surface area contributed by atoms with E-state index in [0.29, 0.717) is 21.9 Å². The second-order valence-corrected chi connectivity index (χ2v) is 5.82. The van der Waals surface area contributed by atoms with E-state index >= 15 is 0 Å². The summed E-state index contributed by atoms with van der Waals surface area (Å²) in [5.41, 5.74) is 0.439. The highest BCUT2D eigenvalue weighted by molar-refractivity contribution is 9.10. The van der Waals surface area contributed by atoms with Crippen molar-refractivity contribution in [3.05, 3.63) is 21.9 Å². The number of hydrogen-bond donors (Lipinski definition) is 0. The van der Waals surface area contributed by atoms with Gasteiger partial charge in [-0.3, -0.25) is 0 Å². The molecule has 0 radical (unpaired) electrons. The van der Waals surface area contributed by atoms with Crippen LogP contribution >= 0.6 is 15.9 Å². The van der Waals surface area contributed by atoms with Gasteiger partial charge in [0, 0.05) is 11.0 Å². The van der Waals surface area contributed by atoms with Crippen molar-refractivity contribution in [1.82, 2.24) is 9.97 Å². The molecule has 1 aliphatic rings. The summed E-state index contributed by atoms with van der Waals surface area (Å²) < 4.78 is 14.4. The largest absolute Gasteiger partial charge is 0.225 e. The van der Waals surface area contributed by atoms with E-state index in [2.05, 4.69) is 25.9 Å². The first-order chi connectivity index (χ1) is 6.89. The van der Waals surface area contributed by atoms with Gasteiger partial charge in [-0.15, -0.1) is 0 Å². The van der Waals surface area contributed by atoms with Gasteiger partial charge in [0.1, 0.15) is 10.4 Å². The molecule has 2 rings (SSSR count). The van der Waals surface area contributed by atoms with E-state index in [-0.39, 0.29) is 11.4 Å². The Morgan fingerprint density at radius 2 is 1.87 bits per heavy atom. The molecule has 0 aliphatic heterocycles. The van der Waals surface area contributed by atoms with Crippen molar-refractivity contribution < 1.29 is 4.39 Å². The fraction of sp³-hybridized carbons (Fsp3) is 0.636. The molecule has 0 amide bonds. The number of rotatable bonds is 1. The molecule has 1 saturated carbocycles. The molecular weight excluding hydrogens is 259 g/mol. The first kappa shape index (κ1) is 11.0. The normalized spacial score (nSPS) is 16.9. The lowest BCUT2D eigenvalue weighted by Crippen LogP contribution is -2.18. The van der Waals surface area contributed by atoms with Gasteiger partial charge < -0.3 is 0 Å². The molecule has 1 aliphatic carbocycles. The van der Waals surface area contributed by atoms with Crippen LogP contribution < -0.4 is 0 Å². The second-order valence-electron chi connectivity index (χ2n) is 5.07. The maximum absolute atomic E-state index is 13.8. The number of halogens is 2. The van der Waals surface area contributed by atoms with Gasteiger partial charge in [-0.05, 0) is 34.7 Å². The summed E-state index contributed by atoms with van der Waals surface area (Å²) in [4.78, 5) is 8.29. The van der Waals surface area contributed by atoms with Gasteiger partial charge in [0.15, 0.2) is 0 Å². The zero-order valence-corrected chi connectivity index (χ0v) is 10.7. The third kappa shape index (κ3) is 2.19. The van der Waals surface area contributed by atoms with Crippen LogP contribution in [0.4, 0.5) is 4.39 Å². The average molecular weight is 273 g/mol. The van der Waals surface area contributed by atoms with Gasteiger partial charge in [-0.1, -0.05) is 20.8 Å². The Bertz CT molecular complexity index is 371. The number of aromatic nitrogens is 2. The molecule has 2 nitrogen and oxygen atoms in total. The zero-order chi connectivity index (χ0) is 11.2. The van der Waals surface area contributed by atoms with Crippen molar-refractivity contribution in [2.24, 2.45) is 0 Å². The molecule has 0 bridgehead atoms. The first-order valence-electron chi connectivity index (χ1n) is 5.13. The molecule has 0 saturated heterocycles. The van der Waals surface area contributed by atoms with Gasteiger partial charge >= 0.3 is 0 Å². The zero-order valence-electron chi connectivity index (χ0n) is 9.14. The molecule has 1 fully saturated rings. The maximum Gasteiger partial charge on any atom is 0.220 e. The smallest absolute Gasteiger partial charge is 0.220 e. The van der Waals surface area contributed by atoms with Gasteiger partial charge in [0.25, 0.3) is 0 Å². The monoisotopic (exact) mass is 272 g/mol. The third-order valence-corrected chi connectivity index (χ3v) is 3.11. The Hall–Kier alpha value is -0.510. The minimum Gasteiger partial charge on any atom is -0.225 e. The highest BCUT2D eigenvalue weighted by Gasteiger charge is 2.32. The minimum absolute atomic E-state index is 0.217. The van der Waals surface area contributed by atoms with E-state index in [1.54, 1.807) is 0 Å². The molecule has 0 aromatic carbocycles. The van der Waals surface area contributed by atoms with Crippen molar-refractivity contribution in [1.29, 1.82) is 0 Å². The summed E-state index contributed by atoms with van der Waals surface area (Å²) >= 11 is 3.34. The summed E-state index contributed by atoms with van der Waals surface area (Å²) in [6.07, 6.45) is 2.10. The summed E-state index contributed by atoms with van der Waals surface area (Å²) in [7, 11) is 0. The van der Waals surface area contributed by atoms with E-state index < -0.39 is 0 Å². The summed E-state index contributed by atoms with van der Waals surface area (Å²) in [5.74, 6) is 0.522. The van der Waals surface area contributed by atoms with Crippen molar-refractivity contribution in [2.75, 3.05) is 0 Å². The summed E-state index contributed by atoms with van der Waals surface area (Å²) in [5, 5.41) is 0. The van der Waals surface area contributed by atoms with Gasteiger partial charge in [-0.25, -0.2) is 9.97 Å². The van der Waals surface area contributed by atoms with Crippen molar-refractivity contribution >= 4 is 15.9 Å². The second kappa shape index (κ2) is 3.51. The highest BCUT2D eigenvalue weighted by atomic mass is 79.9. The number of nitrogens with zero attached hydrogens (tertiary/aromatic N) is 2. The average Bonchev–Trinajstić information content (AvgIpc) is 2.84. The van der Waals surface area contributed by atoms with E-state index in [4.69, 9.17) is 0 Å². The topological polar surface area (TPSA) is 25.8 Å². The molecule has 1 aromatic heterocycles. The van der Waals surface area contributed by atoms with Crippen LogP contribution in [0.3, 0.4) is 0 Å². The predicted molar refractivity (Wildman–Crippen MR) is 60.4 cm³/mol. The summed E-state index contributed by atoms with van der Waals surface area (Å²) in [6.45, 7) is 5.93. The van der Waals surface area contributed by atoms with Crippen LogP contribution in [-0.2, 0) is 5.41 Å². The Balaban J connectivity index is 2.47. The van der Waals surface area contributed by atoms with Gasteiger partial charge in [-0.2, -0.15) is 4.39 Å². The Morgan fingerprint density at radius 1 is 1.27 bits per heavy atom. The summed E-state index contributed by atoms with van der Waals surface area (Å²) in [6, 6.07) is 0. The van der Waals surface area contributed by atoms with Crippen LogP contribution in [0, 0.1) is 5.95 Å². The maximum atomic E-state index is 13.8. The minimum atomic E-state index is -0.357. The standard InChI is InChI=1S/C11H14BrFN2/c1-11(2,3)10-14-8(12)7(6-4-5-6)9(13)15-10/h6H,4-5H2,1-3H3. The molecule has 0 atom stereocenters. The van der Waals surface area contributed by atoms with E-state index in [1.165, 1.54) is 0 Å². The van der Waals surface area contributed by atoms with Gasteiger partial charge in [0.05, 0.1) is 0 Å². The molecule has 82 valence electrons. The Kier molecular flexibility index (Phi) is 2.57. The first-order valence-corrected chi connectivity index (χ1v) is 5.92.